The fourth-order valence-corrected chi connectivity index (χ4v) is 2.77. The summed E-state index contributed by atoms with van der Waals surface area (Å²) in [6.45, 7) is 1.67. The van der Waals surface area contributed by atoms with Crippen LogP contribution in [-0.4, -0.2) is 52.8 Å². The number of nitrogens with zero attached hydrogens (tertiary/aromatic N) is 6. The first-order valence-electron chi connectivity index (χ1n) is 11.1. The summed E-state index contributed by atoms with van der Waals surface area (Å²) in [6.07, 6.45) is 6.19. The second-order valence-corrected chi connectivity index (χ2v) is 7.55. The molecule has 2 aromatic rings. The summed E-state index contributed by atoms with van der Waals surface area (Å²) in [5.74, 6) is -2.42. The van der Waals surface area contributed by atoms with Crippen LogP contribution in [0.2, 0.25) is 0 Å². The largest absolute Gasteiger partial charge is 0.497 e. The van der Waals surface area contributed by atoms with Gasteiger partial charge in [0.25, 0.3) is 22.9 Å². The Balaban J connectivity index is 0.000000612. The van der Waals surface area contributed by atoms with Crippen LogP contribution in [0.3, 0.4) is 0 Å². The minimum Gasteiger partial charge on any atom is -0.497 e. The molecule has 0 aliphatic carbocycles. The number of nitrogens with two attached hydrogens (primary N) is 2. The summed E-state index contributed by atoms with van der Waals surface area (Å²) in [6, 6.07) is 1.79. The maximum Gasteiger partial charge on any atom is 0.324 e. The Morgan fingerprint density at radius 1 is 0.463 bits per heavy atom. The molecule has 0 radical (unpaired) electrons. The molecular formula is C19H24N8O14. The number of phenolic OH excluding ortho intramolecular Hbond substituents is 2. The molecule has 2 rings (SSSR count). The van der Waals surface area contributed by atoms with Crippen LogP contribution < -0.4 is 11.5 Å². The van der Waals surface area contributed by atoms with Gasteiger partial charge in [-0.25, -0.2) is 0 Å². The highest BCUT2D eigenvalue weighted by Gasteiger charge is 2.31. The van der Waals surface area contributed by atoms with Crippen LogP contribution in [0.1, 0.15) is 32.1 Å². The van der Waals surface area contributed by atoms with Gasteiger partial charge in [0.1, 0.15) is 0 Å². The molecule has 0 saturated heterocycles. The smallest absolute Gasteiger partial charge is 0.324 e. The third kappa shape index (κ3) is 11.3. The fraction of sp³-hybridized carbons (Fsp3) is 0.368. The molecule has 22 nitrogen and oxygen atoms in total. The number of hydrogen-bond acceptors (Lipinski definition) is 16. The van der Waals surface area contributed by atoms with E-state index in [1.54, 1.807) is 0 Å². The highest BCUT2D eigenvalue weighted by molar-refractivity contribution is 5.65. The lowest BCUT2D eigenvalue weighted by Gasteiger charge is -1.97. The molecule has 0 saturated carbocycles. The van der Waals surface area contributed by atoms with Gasteiger partial charge in [0, 0.05) is 0 Å². The first-order valence-corrected chi connectivity index (χ1v) is 11.1. The third-order valence-electron chi connectivity index (χ3n) is 4.73. The van der Waals surface area contributed by atoms with Crippen LogP contribution in [-0.2, 0) is 0 Å². The zero-order valence-corrected chi connectivity index (χ0v) is 20.9. The zero-order chi connectivity index (χ0) is 31.9. The highest BCUT2D eigenvalue weighted by atomic mass is 16.7. The van der Waals surface area contributed by atoms with Gasteiger partial charge < -0.3 is 21.7 Å². The summed E-state index contributed by atoms with van der Waals surface area (Å²) in [5.41, 5.74) is 4.63. The zero-order valence-electron chi connectivity index (χ0n) is 20.9. The molecule has 0 spiro atoms. The van der Waals surface area contributed by atoms with Gasteiger partial charge in [0.2, 0.25) is 0 Å². The van der Waals surface area contributed by atoms with Crippen molar-refractivity contribution < 1.29 is 39.8 Å². The van der Waals surface area contributed by atoms with Gasteiger partial charge in [0.15, 0.2) is 0 Å². The van der Waals surface area contributed by atoms with E-state index < -0.39 is 75.2 Å². The average Bonchev–Trinajstić information content (AvgIpc) is 2.88. The molecule has 0 bridgehead atoms. The van der Waals surface area contributed by atoms with Crippen LogP contribution in [0.25, 0.3) is 0 Å². The number of benzene rings is 2. The normalized spacial score (nSPS) is 9.80. The molecule has 6 N–H and O–H groups in total. The Bertz CT molecular complexity index is 1130. The molecule has 0 amide bonds. The van der Waals surface area contributed by atoms with E-state index in [1.807, 2.05) is 0 Å². The fourth-order valence-electron chi connectivity index (χ4n) is 2.77. The molecule has 224 valence electrons. The summed E-state index contributed by atoms with van der Waals surface area (Å²) in [4.78, 5) is 55.5. The molecule has 2 aromatic carbocycles. The monoisotopic (exact) mass is 588 g/mol. The predicted molar refractivity (Wildman–Crippen MR) is 137 cm³/mol. The van der Waals surface area contributed by atoms with Crippen molar-refractivity contribution in [3.05, 3.63) is 85.0 Å². The van der Waals surface area contributed by atoms with Crippen molar-refractivity contribution >= 4 is 34.1 Å². The molecule has 0 aliphatic rings. The second kappa shape index (κ2) is 17.0. The molecule has 41 heavy (non-hydrogen) atoms. The van der Waals surface area contributed by atoms with Crippen molar-refractivity contribution in [2.45, 2.75) is 32.1 Å². The molecule has 22 heteroatoms. The molecule has 0 aromatic heterocycles. The lowest BCUT2D eigenvalue weighted by Crippen LogP contribution is -1.99. The van der Waals surface area contributed by atoms with Crippen molar-refractivity contribution in [3.63, 3.8) is 0 Å². The van der Waals surface area contributed by atoms with Crippen LogP contribution in [0.15, 0.2) is 24.3 Å². The number of nitro groups is 6. The first kappa shape index (κ1) is 35.4. The number of rotatable bonds is 12. The van der Waals surface area contributed by atoms with Crippen molar-refractivity contribution in [3.8, 4) is 11.5 Å². The van der Waals surface area contributed by atoms with E-state index in [2.05, 4.69) is 0 Å². The lowest BCUT2D eigenvalue weighted by atomic mass is 10.1. The number of nitro benzene ring substituents is 6. The van der Waals surface area contributed by atoms with Gasteiger partial charge in [-0.05, 0) is 25.9 Å². The predicted octanol–water partition coefficient (Wildman–Crippen LogP) is 3.09. The Labute approximate surface area is 227 Å². The van der Waals surface area contributed by atoms with Crippen molar-refractivity contribution in [1.82, 2.24) is 0 Å². The highest BCUT2D eigenvalue weighted by Crippen LogP contribution is 2.40. The minimum absolute atomic E-state index is 0.447. The number of unbranched alkanes of at least 4 members (excludes halogenated alkanes) is 4. The van der Waals surface area contributed by atoms with Gasteiger partial charge in [-0.1, -0.05) is 19.3 Å². The second-order valence-electron chi connectivity index (χ2n) is 7.55. The van der Waals surface area contributed by atoms with Crippen molar-refractivity contribution in [2.75, 3.05) is 13.1 Å². The molecule has 0 unspecified atom stereocenters. The molecule has 0 atom stereocenters. The summed E-state index contributed by atoms with van der Waals surface area (Å²) < 4.78 is 0. The van der Waals surface area contributed by atoms with Crippen LogP contribution in [0.5, 0.6) is 11.5 Å². The van der Waals surface area contributed by atoms with Gasteiger partial charge in [-0.15, -0.1) is 0 Å². The quantitative estimate of drug-likeness (QED) is 0.157. The van der Waals surface area contributed by atoms with Gasteiger partial charge in [-0.3, -0.25) is 60.7 Å². The van der Waals surface area contributed by atoms with Gasteiger partial charge in [0.05, 0.1) is 53.8 Å². The van der Waals surface area contributed by atoms with E-state index in [0.717, 1.165) is 13.1 Å². The van der Waals surface area contributed by atoms with E-state index in [9.17, 15) is 60.7 Å². The molecule has 0 aliphatic heterocycles. The van der Waals surface area contributed by atoms with Crippen molar-refractivity contribution in [2.24, 2.45) is 11.5 Å². The Kier molecular flexibility index (Phi) is 14.7. The van der Waals surface area contributed by atoms with Crippen LogP contribution in [0, 0.1) is 60.7 Å². The van der Waals surface area contributed by atoms with Gasteiger partial charge in [-0.2, -0.15) is 0 Å². The number of hydrogen-bond donors (Lipinski definition) is 4. The van der Waals surface area contributed by atoms with E-state index in [4.69, 9.17) is 21.7 Å². The lowest BCUT2D eigenvalue weighted by molar-refractivity contribution is -0.404. The van der Waals surface area contributed by atoms with Crippen molar-refractivity contribution in [1.29, 1.82) is 0 Å². The van der Waals surface area contributed by atoms with Crippen LogP contribution in [0.4, 0.5) is 34.1 Å². The van der Waals surface area contributed by atoms with E-state index in [0.29, 0.717) is 24.3 Å². The third-order valence-corrected chi connectivity index (χ3v) is 4.73. The average molecular weight is 588 g/mol. The minimum atomic E-state index is -1.21. The Hall–Kier alpha value is -5.64. The maximum absolute atomic E-state index is 10.4. The SMILES string of the molecule is NCCCCCCCN.O=[N+]([O-])c1cc([N+](=O)[O-])c(O)c([N+](=O)[O-])c1.O=[N+]([O-])c1cc([N+](=O)[O-])c(O)c([N+](=O)[O-])c1. The van der Waals surface area contributed by atoms with Gasteiger partial charge >= 0.3 is 22.7 Å². The molecule has 0 heterocycles. The number of aromatic hydroxyl groups is 2. The van der Waals surface area contributed by atoms with E-state index in [1.165, 1.54) is 32.1 Å². The summed E-state index contributed by atoms with van der Waals surface area (Å²) >= 11 is 0. The Morgan fingerprint density at radius 2 is 0.683 bits per heavy atom. The number of non-ortho nitro benzene ring substituents is 2. The molecule has 0 fully saturated rings. The summed E-state index contributed by atoms with van der Waals surface area (Å²) in [7, 11) is 0. The Morgan fingerprint density at radius 3 is 0.854 bits per heavy atom. The number of phenols is 2. The van der Waals surface area contributed by atoms with E-state index >= 15 is 0 Å². The maximum atomic E-state index is 10.4. The topological polar surface area (TPSA) is 351 Å². The first-order chi connectivity index (χ1) is 19.1. The van der Waals surface area contributed by atoms with E-state index in [-0.39, 0.29) is 0 Å². The summed E-state index contributed by atoms with van der Waals surface area (Å²) in [5, 5.41) is 80.4. The van der Waals surface area contributed by atoms with Crippen LogP contribution >= 0.6 is 0 Å². The molecular weight excluding hydrogens is 564 g/mol. The standard InChI is InChI=1S/C7H18N2.2C6H3N3O7/c8-6-4-2-1-3-5-7-9;2*10-6-4(8(13)14)1-3(7(11)12)2-5(6)9(15)16/h1-9H2;2*1-2,10H.